The van der Waals surface area contributed by atoms with Gasteiger partial charge in [-0.1, -0.05) is 59.8 Å². The molecular weight excluding hydrogens is 396 g/mol. The highest BCUT2D eigenvalue weighted by Gasteiger charge is 2.16. The first-order chi connectivity index (χ1) is 14.5. The van der Waals surface area contributed by atoms with Crippen LogP contribution < -0.4 is 5.32 Å². The molecular formula is C22H22N6OS. The van der Waals surface area contributed by atoms with Gasteiger partial charge >= 0.3 is 0 Å². The predicted molar refractivity (Wildman–Crippen MR) is 119 cm³/mol. The van der Waals surface area contributed by atoms with E-state index in [0.29, 0.717) is 11.0 Å². The summed E-state index contributed by atoms with van der Waals surface area (Å²) in [6, 6.07) is 17.9. The Bertz CT molecular complexity index is 1160. The number of nitrogens with one attached hydrogen (secondary N) is 2. The number of hydrogen-bond acceptors (Lipinski definition) is 5. The van der Waals surface area contributed by atoms with Crippen molar-refractivity contribution in [2.24, 2.45) is 0 Å². The molecule has 0 aliphatic heterocycles. The highest BCUT2D eigenvalue weighted by Crippen LogP contribution is 2.24. The van der Waals surface area contributed by atoms with Crippen LogP contribution in [0.2, 0.25) is 0 Å². The van der Waals surface area contributed by atoms with Crippen molar-refractivity contribution < 1.29 is 4.79 Å². The maximum absolute atomic E-state index is 12.5. The molecule has 4 aromatic rings. The monoisotopic (exact) mass is 418 g/mol. The van der Waals surface area contributed by atoms with E-state index in [-0.39, 0.29) is 11.7 Å². The van der Waals surface area contributed by atoms with Crippen LogP contribution in [0.5, 0.6) is 0 Å². The summed E-state index contributed by atoms with van der Waals surface area (Å²) in [5.74, 6) is 0.773. The number of nitrogens with zero attached hydrogens (tertiary/aromatic N) is 4. The average molecular weight is 419 g/mol. The number of amides is 1. The molecule has 2 aromatic carbocycles. The van der Waals surface area contributed by atoms with Crippen LogP contribution in [-0.2, 0) is 4.79 Å². The standard InChI is InChI=1S/C22H22N6OS/c1-14-9-11-17(12-10-14)21-24-22(26-25-21)30-13-19(29)23-20-15(2)27-28(16(20)3)18-7-5-4-6-8-18/h4-12H,13H2,1-3H3,(H,23,29)(H,24,25,26). The number of carbonyl (C=O) groups is 1. The van der Waals surface area contributed by atoms with Gasteiger partial charge < -0.3 is 5.32 Å². The number of aromatic amines is 1. The number of rotatable bonds is 6. The Hall–Kier alpha value is -3.39. The quantitative estimate of drug-likeness (QED) is 0.456. The molecule has 8 heteroatoms. The van der Waals surface area contributed by atoms with Gasteiger partial charge in [0.2, 0.25) is 11.1 Å². The van der Waals surface area contributed by atoms with E-state index in [0.717, 1.165) is 28.3 Å². The van der Waals surface area contributed by atoms with E-state index >= 15 is 0 Å². The molecule has 0 saturated carbocycles. The molecule has 4 rings (SSSR count). The minimum atomic E-state index is -0.125. The van der Waals surface area contributed by atoms with Gasteiger partial charge in [0.05, 0.1) is 28.5 Å². The molecule has 0 unspecified atom stereocenters. The molecule has 7 nitrogen and oxygen atoms in total. The number of anilines is 1. The molecule has 0 spiro atoms. The number of hydrogen-bond donors (Lipinski definition) is 2. The zero-order valence-corrected chi connectivity index (χ0v) is 17.8. The van der Waals surface area contributed by atoms with E-state index in [1.54, 1.807) is 0 Å². The number of aryl methyl sites for hydroxylation is 2. The van der Waals surface area contributed by atoms with E-state index in [9.17, 15) is 4.79 Å². The van der Waals surface area contributed by atoms with Crippen molar-refractivity contribution in [3.63, 3.8) is 0 Å². The average Bonchev–Trinajstić information content (AvgIpc) is 3.34. The molecule has 2 aromatic heterocycles. The Balaban J connectivity index is 1.40. The molecule has 152 valence electrons. The zero-order chi connectivity index (χ0) is 21.1. The Morgan fingerprint density at radius 2 is 1.80 bits per heavy atom. The van der Waals surface area contributed by atoms with Crippen molar-refractivity contribution in [1.29, 1.82) is 0 Å². The van der Waals surface area contributed by atoms with Crippen LogP contribution in [0.3, 0.4) is 0 Å². The maximum Gasteiger partial charge on any atom is 0.234 e. The van der Waals surface area contributed by atoms with Crippen molar-refractivity contribution in [3.8, 4) is 17.1 Å². The largest absolute Gasteiger partial charge is 0.322 e. The Morgan fingerprint density at radius 1 is 1.07 bits per heavy atom. The van der Waals surface area contributed by atoms with Gasteiger partial charge in [-0.25, -0.2) is 9.67 Å². The second-order valence-corrected chi connectivity index (χ2v) is 7.91. The highest BCUT2D eigenvalue weighted by atomic mass is 32.2. The van der Waals surface area contributed by atoms with Crippen LogP contribution in [0, 0.1) is 20.8 Å². The normalized spacial score (nSPS) is 10.9. The summed E-state index contributed by atoms with van der Waals surface area (Å²) in [5, 5.41) is 15.2. The van der Waals surface area contributed by atoms with Gasteiger partial charge in [0.25, 0.3) is 0 Å². The Morgan fingerprint density at radius 3 is 2.53 bits per heavy atom. The van der Waals surface area contributed by atoms with E-state index in [4.69, 9.17) is 0 Å². The molecule has 0 bridgehead atoms. The van der Waals surface area contributed by atoms with Crippen molar-refractivity contribution in [3.05, 3.63) is 71.5 Å². The molecule has 0 aliphatic rings. The lowest BCUT2D eigenvalue weighted by Gasteiger charge is -2.06. The van der Waals surface area contributed by atoms with Crippen LogP contribution in [0.1, 0.15) is 17.0 Å². The Kier molecular flexibility index (Phi) is 5.67. The van der Waals surface area contributed by atoms with Crippen molar-refractivity contribution in [2.45, 2.75) is 25.9 Å². The van der Waals surface area contributed by atoms with Gasteiger partial charge in [0.1, 0.15) is 0 Å². The molecule has 2 N–H and O–H groups in total. The second kappa shape index (κ2) is 8.54. The lowest BCUT2D eigenvalue weighted by atomic mass is 10.1. The van der Waals surface area contributed by atoms with E-state index in [2.05, 4.69) is 25.6 Å². The molecule has 0 saturated heterocycles. The van der Waals surface area contributed by atoms with Crippen LogP contribution in [-0.4, -0.2) is 36.6 Å². The summed E-state index contributed by atoms with van der Waals surface area (Å²) >= 11 is 1.29. The number of thioether (sulfide) groups is 1. The number of benzene rings is 2. The van der Waals surface area contributed by atoms with Crippen LogP contribution in [0.25, 0.3) is 17.1 Å². The van der Waals surface area contributed by atoms with E-state index < -0.39 is 0 Å². The van der Waals surface area contributed by atoms with Crippen LogP contribution in [0.15, 0.2) is 59.8 Å². The first-order valence-electron chi connectivity index (χ1n) is 9.55. The van der Waals surface area contributed by atoms with Gasteiger partial charge in [-0.3, -0.25) is 9.89 Å². The smallest absolute Gasteiger partial charge is 0.234 e. The van der Waals surface area contributed by atoms with Gasteiger partial charge in [-0.2, -0.15) is 5.10 Å². The fraction of sp³-hybridized carbons (Fsp3) is 0.182. The van der Waals surface area contributed by atoms with E-state index in [1.807, 2.05) is 80.1 Å². The summed E-state index contributed by atoms with van der Waals surface area (Å²) in [6.45, 7) is 5.87. The molecule has 1 amide bonds. The summed E-state index contributed by atoms with van der Waals surface area (Å²) in [5.41, 5.74) is 5.50. The minimum absolute atomic E-state index is 0.125. The topological polar surface area (TPSA) is 88.5 Å². The van der Waals surface area contributed by atoms with Gasteiger partial charge in [-0.05, 0) is 32.9 Å². The number of carbonyl (C=O) groups excluding carboxylic acids is 1. The second-order valence-electron chi connectivity index (χ2n) is 6.96. The summed E-state index contributed by atoms with van der Waals surface area (Å²) in [6.07, 6.45) is 0. The lowest BCUT2D eigenvalue weighted by molar-refractivity contribution is -0.113. The third-order valence-corrected chi connectivity index (χ3v) is 5.53. The fourth-order valence-electron chi connectivity index (χ4n) is 3.10. The van der Waals surface area contributed by atoms with Gasteiger partial charge in [-0.15, -0.1) is 5.10 Å². The van der Waals surface area contributed by atoms with Crippen molar-refractivity contribution in [1.82, 2.24) is 25.0 Å². The molecule has 0 atom stereocenters. The number of aromatic nitrogens is 5. The first kappa shape index (κ1) is 19.9. The molecule has 0 fully saturated rings. The summed E-state index contributed by atoms with van der Waals surface area (Å²) < 4.78 is 1.83. The molecule has 0 aliphatic carbocycles. The summed E-state index contributed by atoms with van der Waals surface area (Å²) in [4.78, 5) is 17.0. The highest BCUT2D eigenvalue weighted by molar-refractivity contribution is 7.99. The molecule has 30 heavy (non-hydrogen) atoms. The first-order valence-corrected chi connectivity index (χ1v) is 10.5. The SMILES string of the molecule is Cc1ccc(-c2nc(SCC(=O)Nc3c(C)nn(-c4ccccc4)c3C)n[nH]2)cc1. The summed E-state index contributed by atoms with van der Waals surface area (Å²) in [7, 11) is 0. The number of H-pyrrole nitrogens is 1. The van der Waals surface area contributed by atoms with Gasteiger partial charge in [0, 0.05) is 5.56 Å². The zero-order valence-electron chi connectivity index (χ0n) is 17.0. The number of para-hydroxylation sites is 1. The predicted octanol–water partition coefficient (Wildman–Crippen LogP) is 4.31. The van der Waals surface area contributed by atoms with Crippen molar-refractivity contribution in [2.75, 3.05) is 11.1 Å². The fourth-order valence-corrected chi connectivity index (χ4v) is 3.70. The molecule has 0 radical (unpaired) electrons. The Labute approximate surface area is 178 Å². The third-order valence-electron chi connectivity index (χ3n) is 4.68. The van der Waals surface area contributed by atoms with Gasteiger partial charge in [0.15, 0.2) is 5.82 Å². The van der Waals surface area contributed by atoms with Crippen LogP contribution >= 0.6 is 11.8 Å². The van der Waals surface area contributed by atoms with Crippen molar-refractivity contribution >= 4 is 23.4 Å². The van der Waals surface area contributed by atoms with Crippen LogP contribution in [0.4, 0.5) is 5.69 Å². The third kappa shape index (κ3) is 4.28. The minimum Gasteiger partial charge on any atom is -0.322 e. The van der Waals surface area contributed by atoms with E-state index in [1.165, 1.54) is 17.3 Å². The maximum atomic E-state index is 12.5. The molecule has 2 heterocycles. The lowest BCUT2D eigenvalue weighted by Crippen LogP contribution is -2.15.